The van der Waals surface area contributed by atoms with Crippen LogP contribution in [0.3, 0.4) is 0 Å². The van der Waals surface area contributed by atoms with Crippen LogP contribution in [0.4, 0.5) is 0 Å². The summed E-state index contributed by atoms with van der Waals surface area (Å²) in [4.78, 5) is 7.61. The Morgan fingerprint density at radius 2 is 2.12 bits per heavy atom. The highest BCUT2D eigenvalue weighted by Crippen LogP contribution is 2.20. The molecule has 1 aromatic rings. The Kier molecular flexibility index (Phi) is 3.70. The first-order valence-electron chi connectivity index (χ1n) is 5.62. The summed E-state index contributed by atoms with van der Waals surface area (Å²) < 4.78 is 25.9. The predicted octanol–water partition coefficient (Wildman–Crippen LogP) is -0.164. The van der Waals surface area contributed by atoms with E-state index in [0.29, 0.717) is 19.6 Å². The third kappa shape index (κ3) is 2.62. The predicted molar refractivity (Wildman–Crippen MR) is 62.6 cm³/mol. The zero-order chi connectivity index (χ0) is 12.3. The Balaban J connectivity index is 2.21. The summed E-state index contributed by atoms with van der Waals surface area (Å²) in [7, 11) is -3.55. The average molecular weight is 256 g/mol. The molecule has 0 spiro atoms. The summed E-state index contributed by atoms with van der Waals surface area (Å²) in [5.41, 5.74) is 5.59. The van der Waals surface area contributed by atoms with Gasteiger partial charge >= 0.3 is 0 Å². The second-order valence-corrected chi connectivity index (χ2v) is 5.97. The topological polar surface area (TPSA) is 89.2 Å². The third-order valence-corrected chi connectivity index (χ3v) is 4.61. The van der Waals surface area contributed by atoms with Crippen molar-refractivity contribution in [1.82, 2.24) is 14.3 Å². The molecule has 6 nitrogen and oxygen atoms in total. The van der Waals surface area contributed by atoms with Gasteiger partial charge in [0, 0.05) is 25.5 Å². The molecule has 0 unspecified atom stereocenters. The summed E-state index contributed by atoms with van der Waals surface area (Å²) in [6.45, 7) is 1.51. The molecule has 0 amide bonds. The first-order chi connectivity index (χ1) is 8.14. The Bertz CT molecular complexity index is 462. The van der Waals surface area contributed by atoms with Crippen LogP contribution in [0.1, 0.15) is 12.8 Å². The molecule has 2 rings (SSSR count). The van der Waals surface area contributed by atoms with Gasteiger partial charge in [0.25, 0.3) is 15.2 Å². The van der Waals surface area contributed by atoms with Crippen LogP contribution in [0.2, 0.25) is 0 Å². The minimum Gasteiger partial charge on any atom is -0.330 e. The summed E-state index contributed by atoms with van der Waals surface area (Å²) in [6, 6.07) is 1.60. The maximum Gasteiger partial charge on any atom is 0.278 e. The highest BCUT2D eigenvalue weighted by atomic mass is 32.2. The number of nitrogens with zero attached hydrogens (tertiary/aromatic N) is 3. The maximum absolute atomic E-state index is 12.2. The van der Waals surface area contributed by atoms with Crippen molar-refractivity contribution in [3.63, 3.8) is 0 Å². The highest BCUT2D eigenvalue weighted by Gasteiger charge is 2.31. The molecule has 0 radical (unpaired) electrons. The fourth-order valence-electron chi connectivity index (χ4n) is 1.97. The number of aromatic nitrogens is 2. The lowest BCUT2D eigenvalue weighted by atomic mass is 10.0. The van der Waals surface area contributed by atoms with Crippen molar-refractivity contribution in [2.24, 2.45) is 11.7 Å². The molecular weight excluding hydrogens is 240 g/mol. The van der Waals surface area contributed by atoms with E-state index in [9.17, 15) is 8.42 Å². The Morgan fingerprint density at radius 3 is 2.76 bits per heavy atom. The van der Waals surface area contributed by atoms with Crippen molar-refractivity contribution in [2.75, 3.05) is 19.6 Å². The molecule has 1 aromatic heterocycles. The van der Waals surface area contributed by atoms with Crippen molar-refractivity contribution in [3.05, 3.63) is 18.5 Å². The van der Waals surface area contributed by atoms with Crippen molar-refractivity contribution in [1.29, 1.82) is 0 Å². The van der Waals surface area contributed by atoms with Gasteiger partial charge in [0.05, 0.1) is 0 Å². The van der Waals surface area contributed by atoms with Crippen LogP contribution in [0.15, 0.2) is 23.6 Å². The first kappa shape index (κ1) is 12.4. The summed E-state index contributed by atoms with van der Waals surface area (Å²) in [6.07, 6.45) is 4.70. The van der Waals surface area contributed by atoms with Gasteiger partial charge in [0.2, 0.25) is 0 Å². The molecule has 0 aromatic carbocycles. The number of nitrogens with two attached hydrogens (primary N) is 1. The van der Waals surface area contributed by atoms with Crippen LogP contribution in [0.25, 0.3) is 0 Å². The van der Waals surface area contributed by atoms with Gasteiger partial charge in [-0.05, 0) is 31.4 Å². The second kappa shape index (κ2) is 5.07. The van der Waals surface area contributed by atoms with Crippen LogP contribution in [0.5, 0.6) is 0 Å². The van der Waals surface area contributed by atoms with Gasteiger partial charge in [0.1, 0.15) is 0 Å². The van der Waals surface area contributed by atoms with E-state index in [0.717, 1.165) is 12.8 Å². The zero-order valence-electron chi connectivity index (χ0n) is 9.49. The minimum absolute atomic E-state index is 0.127. The Hall–Kier alpha value is -1.05. The number of hydrogen-bond acceptors (Lipinski definition) is 5. The standard InChI is InChI=1S/C10H16N4O2S/c11-7-9-3-1-6-14(8-9)17(15,16)10-12-4-2-5-13-10/h2,4-5,9H,1,3,6-8,11H2/t9-/m0/s1. The quantitative estimate of drug-likeness (QED) is 0.759. The van der Waals surface area contributed by atoms with Gasteiger partial charge < -0.3 is 5.73 Å². The molecule has 7 heteroatoms. The number of hydrogen-bond donors (Lipinski definition) is 1. The molecule has 1 aliphatic rings. The molecular formula is C10H16N4O2S. The van der Waals surface area contributed by atoms with Gasteiger partial charge in [-0.3, -0.25) is 0 Å². The number of piperidine rings is 1. The third-order valence-electron chi connectivity index (χ3n) is 2.93. The first-order valence-corrected chi connectivity index (χ1v) is 7.06. The van der Waals surface area contributed by atoms with Gasteiger partial charge in [-0.2, -0.15) is 4.31 Å². The second-order valence-electron chi connectivity index (χ2n) is 4.14. The molecule has 0 bridgehead atoms. The smallest absolute Gasteiger partial charge is 0.278 e. The van der Waals surface area contributed by atoms with Crippen LogP contribution < -0.4 is 5.73 Å². The molecule has 94 valence electrons. The largest absolute Gasteiger partial charge is 0.330 e. The van der Waals surface area contributed by atoms with Crippen molar-refractivity contribution in [2.45, 2.75) is 18.0 Å². The van der Waals surface area contributed by atoms with Crippen molar-refractivity contribution in [3.8, 4) is 0 Å². The van der Waals surface area contributed by atoms with E-state index in [1.807, 2.05) is 0 Å². The van der Waals surface area contributed by atoms with E-state index in [2.05, 4.69) is 9.97 Å². The molecule has 2 N–H and O–H groups in total. The number of rotatable bonds is 3. The molecule has 0 saturated carbocycles. The monoisotopic (exact) mass is 256 g/mol. The molecule has 1 aliphatic heterocycles. The van der Waals surface area contributed by atoms with Crippen molar-refractivity contribution < 1.29 is 8.42 Å². The summed E-state index contributed by atoms with van der Waals surface area (Å²) >= 11 is 0. The fraction of sp³-hybridized carbons (Fsp3) is 0.600. The van der Waals surface area contributed by atoms with Gasteiger partial charge in [0.15, 0.2) is 0 Å². The van der Waals surface area contributed by atoms with Gasteiger partial charge in [-0.15, -0.1) is 0 Å². The SMILES string of the molecule is NC[C@@H]1CCCN(S(=O)(=O)c2ncccn2)C1. The van der Waals surface area contributed by atoms with Gasteiger partial charge in [-0.25, -0.2) is 18.4 Å². The fourth-order valence-corrected chi connectivity index (χ4v) is 3.37. The highest BCUT2D eigenvalue weighted by molar-refractivity contribution is 7.88. The van der Waals surface area contributed by atoms with E-state index in [-0.39, 0.29) is 11.1 Å². The molecule has 0 aliphatic carbocycles. The molecule has 17 heavy (non-hydrogen) atoms. The lowest BCUT2D eigenvalue weighted by Gasteiger charge is -2.30. The summed E-state index contributed by atoms with van der Waals surface area (Å²) in [5, 5.41) is -0.127. The van der Waals surface area contributed by atoms with E-state index < -0.39 is 10.0 Å². The molecule has 2 heterocycles. The zero-order valence-corrected chi connectivity index (χ0v) is 10.3. The van der Waals surface area contributed by atoms with Crippen LogP contribution >= 0.6 is 0 Å². The van der Waals surface area contributed by atoms with Crippen molar-refractivity contribution >= 4 is 10.0 Å². The van der Waals surface area contributed by atoms with E-state index in [4.69, 9.17) is 5.73 Å². The van der Waals surface area contributed by atoms with Gasteiger partial charge in [-0.1, -0.05) is 0 Å². The lowest BCUT2D eigenvalue weighted by molar-refractivity contribution is 0.270. The summed E-state index contributed by atoms with van der Waals surface area (Å²) in [5.74, 6) is 0.238. The van der Waals surface area contributed by atoms with Crippen LogP contribution in [0, 0.1) is 5.92 Å². The average Bonchev–Trinajstić information content (AvgIpc) is 2.40. The number of sulfonamides is 1. The molecule has 1 atom stereocenters. The normalized spacial score (nSPS) is 22.5. The lowest BCUT2D eigenvalue weighted by Crippen LogP contribution is -2.42. The molecule has 1 saturated heterocycles. The Morgan fingerprint density at radius 1 is 1.41 bits per heavy atom. The minimum atomic E-state index is -3.55. The van der Waals surface area contributed by atoms with E-state index >= 15 is 0 Å². The molecule has 1 fully saturated rings. The van der Waals surface area contributed by atoms with E-state index in [1.165, 1.54) is 16.7 Å². The van der Waals surface area contributed by atoms with Crippen LogP contribution in [-0.4, -0.2) is 42.3 Å². The van der Waals surface area contributed by atoms with E-state index in [1.54, 1.807) is 6.07 Å². The maximum atomic E-state index is 12.2. The Labute approximate surface area is 101 Å². The van der Waals surface area contributed by atoms with Crippen LogP contribution in [-0.2, 0) is 10.0 Å².